The Balaban J connectivity index is 2.13. The maximum Gasteiger partial charge on any atom is 0.327 e. The summed E-state index contributed by atoms with van der Waals surface area (Å²) in [5.74, 6) is -0.0957. The van der Waals surface area contributed by atoms with Gasteiger partial charge in [-0.1, -0.05) is 12.1 Å². The second-order valence-corrected chi connectivity index (χ2v) is 4.27. The Bertz CT molecular complexity index is 541. The zero-order chi connectivity index (χ0) is 14.0. The predicted molar refractivity (Wildman–Crippen MR) is 67.1 cm³/mol. The van der Waals surface area contributed by atoms with E-state index in [0.717, 1.165) is 4.90 Å². The van der Waals surface area contributed by atoms with E-state index >= 15 is 0 Å². The Morgan fingerprint density at radius 3 is 2.68 bits per heavy atom. The molecule has 1 aliphatic heterocycles. The zero-order valence-electron chi connectivity index (χ0n) is 10.8. The molecule has 0 N–H and O–H groups in total. The number of hydrogen-bond acceptors (Lipinski definition) is 4. The van der Waals surface area contributed by atoms with Gasteiger partial charge in [0.2, 0.25) is 0 Å². The van der Waals surface area contributed by atoms with Crippen LogP contribution in [0, 0.1) is 0 Å². The Morgan fingerprint density at radius 2 is 2.11 bits per heavy atom. The van der Waals surface area contributed by atoms with Gasteiger partial charge in [-0.3, -0.25) is 14.5 Å². The Labute approximate surface area is 110 Å². The number of urea groups is 1. The number of ether oxygens (including phenoxy) is 1. The summed E-state index contributed by atoms with van der Waals surface area (Å²) in [4.78, 5) is 37.5. The molecule has 1 saturated heterocycles. The monoisotopic (exact) mass is 262 g/mol. The third kappa shape index (κ3) is 2.57. The fourth-order valence-electron chi connectivity index (χ4n) is 1.86. The smallest absolute Gasteiger partial charge is 0.327 e. The van der Waals surface area contributed by atoms with E-state index in [1.165, 1.54) is 19.1 Å². The van der Waals surface area contributed by atoms with Crippen molar-refractivity contribution >= 4 is 17.7 Å². The normalized spacial score (nSPS) is 15.1. The van der Waals surface area contributed by atoms with E-state index in [2.05, 4.69) is 0 Å². The van der Waals surface area contributed by atoms with Crippen LogP contribution in [-0.2, 0) is 4.79 Å². The molecule has 0 aromatic heterocycles. The first-order valence-corrected chi connectivity index (χ1v) is 5.75. The molecule has 2 rings (SSSR count). The minimum absolute atomic E-state index is 0.0181. The molecule has 0 atom stereocenters. The maximum atomic E-state index is 12.0. The Morgan fingerprint density at radius 1 is 1.37 bits per heavy atom. The van der Waals surface area contributed by atoms with Crippen LogP contribution in [0.3, 0.4) is 0 Å². The highest BCUT2D eigenvalue weighted by Crippen LogP contribution is 2.15. The molecular weight excluding hydrogens is 248 g/mol. The molecule has 19 heavy (non-hydrogen) atoms. The topological polar surface area (TPSA) is 66.9 Å². The van der Waals surface area contributed by atoms with Crippen LogP contribution >= 0.6 is 0 Å². The van der Waals surface area contributed by atoms with E-state index in [9.17, 15) is 14.4 Å². The number of methoxy groups -OCH3 is 1. The van der Waals surface area contributed by atoms with Crippen LogP contribution in [0.2, 0.25) is 0 Å². The summed E-state index contributed by atoms with van der Waals surface area (Å²) in [5.41, 5.74) is 0.412. The molecule has 1 fully saturated rings. The van der Waals surface area contributed by atoms with Crippen LogP contribution in [0.4, 0.5) is 4.79 Å². The second-order valence-electron chi connectivity index (χ2n) is 4.27. The zero-order valence-corrected chi connectivity index (χ0v) is 10.8. The maximum absolute atomic E-state index is 12.0. The molecule has 6 nitrogen and oxygen atoms in total. The van der Waals surface area contributed by atoms with Crippen LogP contribution in [0.15, 0.2) is 24.3 Å². The molecule has 1 aromatic carbocycles. The van der Waals surface area contributed by atoms with Crippen molar-refractivity contribution in [2.24, 2.45) is 0 Å². The minimum atomic E-state index is -0.443. The van der Waals surface area contributed by atoms with Gasteiger partial charge in [-0.05, 0) is 12.1 Å². The number of amides is 3. The third-order valence-electron chi connectivity index (χ3n) is 2.92. The first-order chi connectivity index (χ1) is 9.02. The molecule has 3 amide bonds. The number of carbonyl (C=O) groups is 3. The number of hydrogen-bond donors (Lipinski definition) is 0. The van der Waals surface area contributed by atoms with Crippen molar-refractivity contribution < 1.29 is 19.1 Å². The van der Waals surface area contributed by atoms with E-state index in [-0.39, 0.29) is 24.8 Å². The van der Waals surface area contributed by atoms with Crippen molar-refractivity contribution in [3.8, 4) is 5.75 Å². The summed E-state index contributed by atoms with van der Waals surface area (Å²) in [6.07, 6.45) is 0. The number of benzene rings is 1. The average Bonchev–Trinajstić information content (AvgIpc) is 2.65. The molecule has 1 aromatic rings. The van der Waals surface area contributed by atoms with E-state index in [0.29, 0.717) is 11.3 Å². The molecule has 1 aliphatic rings. The standard InChI is InChI=1S/C13H14N2O4/c1-14-8-12(17)15(13(14)18)7-11(16)9-4-3-5-10(6-9)19-2/h3-6H,7-8H2,1-2H3. The Kier molecular flexibility index (Phi) is 3.50. The average molecular weight is 262 g/mol. The quantitative estimate of drug-likeness (QED) is 0.594. The Hall–Kier alpha value is -2.37. The van der Waals surface area contributed by atoms with Gasteiger partial charge in [-0.2, -0.15) is 0 Å². The summed E-state index contributed by atoms with van der Waals surface area (Å²) >= 11 is 0. The summed E-state index contributed by atoms with van der Waals surface area (Å²) in [7, 11) is 3.03. The highest BCUT2D eigenvalue weighted by atomic mass is 16.5. The summed E-state index contributed by atoms with van der Waals surface area (Å²) in [6, 6.07) is 6.17. The first kappa shape index (κ1) is 13.1. The van der Waals surface area contributed by atoms with Crippen LogP contribution < -0.4 is 4.74 Å². The van der Waals surface area contributed by atoms with Gasteiger partial charge in [-0.15, -0.1) is 0 Å². The van der Waals surface area contributed by atoms with Crippen molar-refractivity contribution in [1.29, 1.82) is 0 Å². The molecule has 0 unspecified atom stereocenters. The highest BCUT2D eigenvalue weighted by Gasteiger charge is 2.34. The number of Topliss-reactive ketones (excluding diaryl/α,β-unsaturated/α-hetero) is 1. The fourth-order valence-corrected chi connectivity index (χ4v) is 1.86. The molecule has 1 heterocycles. The molecule has 0 saturated carbocycles. The molecule has 0 radical (unpaired) electrons. The minimum Gasteiger partial charge on any atom is -0.497 e. The van der Waals surface area contributed by atoms with Gasteiger partial charge in [0.1, 0.15) is 12.3 Å². The number of nitrogens with zero attached hydrogens (tertiary/aromatic N) is 2. The molecule has 6 heteroatoms. The van der Waals surface area contributed by atoms with Crippen molar-refractivity contribution in [2.75, 3.05) is 27.2 Å². The molecule has 0 spiro atoms. The van der Waals surface area contributed by atoms with Gasteiger partial charge in [0, 0.05) is 12.6 Å². The molecule has 100 valence electrons. The van der Waals surface area contributed by atoms with Gasteiger partial charge >= 0.3 is 6.03 Å². The van der Waals surface area contributed by atoms with E-state index < -0.39 is 6.03 Å². The molecule has 0 aliphatic carbocycles. The van der Waals surface area contributed by atoms with Crippen molar-refractivity contribution in [3.63, 3.8) is 0 Å². The lowest BCUT2D eigenvalue weighted by atomic mass is 10.1. The second kappa shape index (κ2) is 5.09. The van der Waals surface area contributed by atoms with Crippen molar-refractivity contribution in [1.82, 2.24) is 9.80 Å². The van der Waals surface area contributed by atoms with Crippen molar-refractivity contribution in [2.45, 2.75) is 0 Å². The fraction of sp³-hybridized carbons (Fsp3) is 0.308. The lowest BCUT2D eigenvalue weighted by Gasteiger charge is -2.13. The number of carbonyl (C=O) groups excluding carboxylic acids is 3. The van der Waals surface area contributed by atoms with Gasteiger partial charge in [0.05, 0.1) is 13.7 Å². The molecule has 0 bridgehead atoms. The lowest BCUT2D eigenvalue weighted by molar-refractivity contribution is -0.125. The van der Waals surface area contributed by atoms with Crippen LogP contribution in [0.25, 0.3) is 0 Å². The van der Waals surface area contributed by atoms with Gasteiger partial charge in [0.15, 0.2) is 5.78 Å². The number of likely N-dealkylation sites (N-methyl/N-ethyl adjacent to an activating group) is 1. The largest absolute Gasteiger partial charge is 0.497 e. The van der Waals surface area contributed by atoms with Gasteiger partial charge in [-0.25, -0.2) is 4.79 Å². The summed E-state index contributed by atoms with van der Waals surface area (Å²) < 4.78 is 5.03. The van der Waals surface area contributed by atoms with Crippen molar-refractivity contribution in [3.05, 3.63) is 29.8 Å². The predicted octanol–water partition coefficient (Wildman–Crippen LogP) is 0.772. The van der Waals surface area contributed by atoms with E-state index in [1.54, 1.807) is 24.3 Å². The third-order valence-corrected chi connectivity index (χ3v) is 2.92. The van der Waals surface area contributed by atoms with Crippen LogP contribution in [0.1, 0.15) is 10.4 Å². The highest BCUT2D eigenvalue weighted by molar-refractivity contribution is 6.07. The number of imide groups is 1. The van der Waals surface area contributed by atoms with Gasteiger partial charge in [0.25, 0.3) is 5.91 Å². The van der Waals surface area contributed by atoms with E-state index in [4.69, 9.17) is 4.74 Å². The SMILES string of the molecule is COc1cccc(C(=O)CN2C(=O)CN(C)C2=O)c1. The van der Waals surface area contributed by atoms with Crippen LogP contribution in [-0.4, -0.2) is 54.8 Å². The number of ketones is 1. The van der Waals surface area contributed by atoms with Crippen LogP contribution in [0.5, 0.6) is 5.75 Å². The van der Waals surface area contributed by atoms with Gasteiger partial charge < -0.3 is 9.64 Å². The first-order valence-electron chi connectivity index (χ1n) is 5.75. The summed E-state index contributed by atoms with van der Waals surface area (Å²) in [6.45, 7) is -0.223. The molecular formula is C13H14N2O4. The number of rotatable bonds is 4. The summed E-state index contributed by atoms with van der Waals surface area (Å²) in [5, 5.41) is 0. The lowest BCUT2D eigenvalue weighted by Crippen LogP contribution is -2.36. The van der Waals surface area contributed by atoms with E-state index in [1.807, 2.05) is 0 Å².